The molecule has 0 atom stereocenters. The van der Waals surface area contributed by atoms with E-state index in [9.17, 15) is 4.39 Å². The van der Waals surface area contributed by atoms with E-state index >= 15 is 0 Å². The Balaban J connectivity index is 3.13. The van der Waals surface area contributed by atoms with Gasteiger partial charge < -0.3 is 0 Å². The predicted octanol–water partition coefficient (Wildman–Crippen LogP) is 3.18. The number of alkyl halides is 1. The number of hydrogen-bond donors (Lipinski definition) is 0. The predicted molar refractivity (Wildman–Crippen MR) is 51.7 cm³/mol. The lowest BCUT2D eigenvalue weighted by molar-refractivity contribution is 0.623. The second kappa shape index (κ2) is 4.49. The zero-order valence-corrected chi connectivity index (χ0v) is 8.41. The zero-order valence-electron chi connectivity index (χ0n) is 6.07. The molecule has 0 bridgehead atoms. The van der Waals surface area contributed by atoms with Crippen LogP contribution < -0.4 is 0 Å². The van der Waals surface area contributed by atoms with Crippen molar-refractivity contribution >= 4 is 27.5 Å². The quantitative estimate of drug-likeness (QED) is 0.488. The van der Waals surface area contributed by atoms with Crippen LogP contribution in [0.2, 0.25) is 0 Å². The third-order valence-corrected chi connectivity index (χ3v) is 2.04. The summed E-state index contributed by atoms with van der Waals surface area (Å²) in [6, 6.07) is 4.72. The van der Waals surface area contributed by atoms with Crippen LogP contribution in [0.4, 0.5) is 4.39 Å². The SMILES string of the molecule is Fc1cccc(Br)c1C#CCCl. The van der Waals surface area contributed by atoms with Gasteiger partial charge in [0.2, 0.25) is 0 Å². The van der Waals surface area contributed by atoms with Crippen LogP contribution in [0.25, 0.3) is 0 Å². The van der Waals surface area contributed by atoms with E-state index in [0.29, 0.717) is 10.0 Å². The van der Waals surface area contributed by atoms with Gasteiger partial charge >= 0.3 is 0 Å². The number of rotatable bonds is 0. The monoisotopic (exact) mass is 246 g/mol. The highest BCUT2D eigenvalue weighted by atomic mass is 79.9. The Morgan fingerprint density at radius 2 is 2.25 bits per heavy atom. The summed E-state index contributed by atoms with van der Waals surface area (Å²) >= 11 is 8.54. The number of benzene rings is 1. The normalized spacial score (nSPS) is 8.92. The largest absolute Gasteiger partial charge is 0.206 e. The molecular weight excluding hydrogens is 242 g/mol. The van der Waals surface area contributed by atoms with Gasteiger partial charge in [-0.2, -0.15) is 0 Å². The smallest absolute Gasteiger partial charge is 0.139 e. The maximum absolute atomic E-state index is 13.0. The van der Waals surface area contributed by atoms with E-state index in [1.54, 1.807) is 12.1 Å². The van der Waals surface area contributed by atoms with Crippen LogP contribution in [-0.4, -0.2) is 5.88 Å². The summed E-state index contributed by atoms with van der Waals surface area (Å²) in [7, 11) is 0. The van der Waals surface area contributed by atoms with Crippen molar-refractivity contribution in [3.63, 3.8) is 0 Å². The van der Waals surface area contributed by atoms with Gasteiger partial charge in [0.1, 0.15) is 5.82 Å². The first-order valence-corrected chi connectivity index (χ1v) is 4.57. The molecule has 1 aromatic carbocycles. The molecule has 1 aromatic rings. The van der Waals surface area contributed by atoms with Crippen LogP contribution in [0, 0.1) is 17.7 Å². The van der Waals surface area contributed by atoms with Crippen molar-refractivity contribution in [2.45, 2.75) is 0 Å². The second-order valence-corrected chi connectivity index (χ2v) is 3.15. The molecule has 0 aliphatic carbocycles. The first kappa shape index (κ1) is 9.57. The van der Waals surface area contributed by atoms with Crippen LogP contribution in [0.3, 0.4) is 0 Å². The van der Waals surface area contributed by atoms with Crippen LogP contribution in [0.5, 0.6) is 0 Å². The van der Waals surface area contributed by atoms with E-state index in [-0.39, 0.29) is 11.7 Å². The molecule has 0 heterocycles. The van der Waals surface area contributed by atoms with Crippen molar-refractivity contribution in [3.8, 4) is 11.8 Å². The Kier molecular flexibility index (Phi) is 3.58. The van der Waals surface area contributed by atoms with Gasteiger partial charge in [0.25, 0.3) is 0 Å². The summed E-state index contributed by atoms with van der Waals surface area (Å²) in [6.45, 7) is 0. The van der Waals surface area contributed by atoms with E-state index in [2.05, 4.69) is 27.8 Å². The summed E-state index contributed by atoms with van der Waals surface area (Å²) < 4.78 is 13.7. The molecule has 0 amide bonds. The molecule has 0 N–H and O–H groups in total. The number of halogens is 3. The van der Waals surface area contributed by atoms with Gasteiger partial charge in [-0.05, 0) is 28.1 Å². The molecule has 1 rings (SSSR count). The van der Waals surface area contributed by atoms with Gasteiger partial charge in [-0.3, -0.25) is 0 Å². The highest BCUT2D eigenvalue weighted by molar-refractivity contribution is 9.10. The molecule has 0 aromatic heterocycles. The molecular formula is C9H5BrClF. The molecule has 3 heteroatoms. The van der Waals surface area contributed by atoms with Crippen molar-refractivity contribution in [2.75, 3.05) is 5.88 Å². The molecule has 0 fully saturated rings. The Hall–Kier alpha value is -0.520. The summed E-state index contributed by atoms with van der Waals surface area (Å²) in [5, 5.41) is 0. The lowest BCUT2D eigenvalue weighted by Crippen LogP contribution is -1.84. The Labute approximate surface area is 83.9 Å². The van der Waals surface area contributed by atoms with E-state index in [1.807, 2.05) is 0 Å². The molecule has 12 heavy (non-hydrogen) atoms. The van der Waals surface area contributed by atoms with Crippen molar-refractivity contribution in [1.29, 1.82) is 0 Å². The fourth-order valence-corrected chi connectivity index (χ4v) is 1.25. The minimum atomic E-state index is -0.331. The fourth-order valence-electron chi connectivity index (χ4n) is 0.739. The summed E-state index contributed by atoms with van der Waals surface area (Å²) in [5.41, 5.74) is 0.359. The molecule has 0 saturated carbocycles. The van der Waals surface area contributed by atoms with Crippen LogP contribution in [0.15, 0.2) is 22.7 Å². The maximum Gasteiger partial charge on any atom is 0.139 e. The Bertz CT molecular complexity index is 318. The topological polar surface area (TPSA) is 0 Å². The van der Waals surface area contributed by atoms with Crippen molar-refractivity contribution in [2.24, 2.45) is 0 Å². The highest BCUT2D eigenvalue weighted by Gasteiger charge is 2.01. The van der Waals surface area contributed by atoms with Crippen LogP contribution in [0.1, 0.15) is 5.56 Å². The summed E-state index contributed by atoms with van der Waals surface area (Å²) in [6.07, 6.45) is 0. The lowest BCUT2D eigenvalue weighted by atomic mass is 10.2. The van der Waals surface area contributed by atoms with Gasteiger partial charge in [0.05, 0.1) is 11.4 Å². The van der Waals surface area contributed by atoms with Gasteiger partial charge in [-0.25, -0.2) is 4.39 Å². The molecule has 0 saturated heterocycles. The molecule has 62 valence electrons. The minimum Gasteiger partial charge on any atom is -0.206 e. The second-order valence-electron chi connectivity index (χ2n) is 2.03. The van der Waals surface area contributed by atoms with Gasteiger partial charge in [-0.1, -0.05) is 17.9 Å². The summed E-state index contributed by atoms with van der Waals surface area (Å²) in [5.74, 6) is 5.10. The molecule has 0 unspecified atom stereocenters. The average Bonchev–Trinajstić information content (AvgIpc) is 2.04. The van der Waals surface area contributed by atoms with E-state index in [1.165, 1.54) is 6.07 Å². The Morgan fingerprint density at radius 1 is 1.50 bits per heavy atom. The fraction of sp³-hybridized carbons (Fsp3) is 0.111. The van der Waals surface area contributed by atoms with Gasteiger partial charge in [0.15, 0.2) is 0 Å². The standard InChI is InChI=1S/C9H5BrClF/c10-8-4-1-5-9(12)7(8)3-2-6-11/h1,4-5H,6H2. The maximum atomic E-state index is 13.0. The van der Waals surface area contributed by atoms with Crippen molar-refractivity contribution in [1.82, 2.24) is 0 Å². The first-order valence-electron chi connectivity index (χ1n) is 3.24. The molecule has 0 aliphatic heterocycles. The lowest BCUT2D eigenvalue weighted by Gasteiger charge is -1.95. The van der Waals surface area contributed by atoms with Crippen LogP contribution in [-0.2, 0) is 0 Å². The zero-order chi connectivity index (χ0) is 8.97. The van der Waals surface area contributed by atoms with Crippen molar-refractivity contribution in [3.05, 3.63) is 34.1 Å². The highest BCUT2D eigenvalue weighted by Crippen LogP contribution is 2.17. The average molecular weight is 247 g/mol. The third kappa shape index (κ3) is 2.23. The van der Waals surface area contributed by atoms with E-state index in [0.717, 1.165) is 0 Å². The number of hydrogen-bond acceptors (Lipinski definition) is 0. The minimum absolute atomic E-state index is 0.209. The van der Waals surface area contributed by atoms with Gasteiger partial charge in [-0.15, -0.1) is 11.6 Å². The first-order chi connectivity index (χ1) is 5.75. The van der Waals surface area contributed by atoms with Crippen molar-refractivity contribution < 1.29 is 4.39 Å². The molecule has 0 nitrogen and oxygen atoms in total. The van der Waals surface area contributed by atoms with E-state index in [4.69, 9.17) is 11.6 Å². The Morgan fingerprint density at radius 3 is 2.83 bits per heavy atom. The molecule has 0 radical (unpaired) electrons. The van der Waals surface area contributed by atoms with Gasteiger partial charge in [0, 0.05) is 4.47 Å². The van der Waals surface area contributed by atoms with E-state index < -0.39 is 0 Å². The molecule has 0 spiro atoms. The third-order valence-electron chi connectivity index (χ3n) is 1.24. The molecule has 0 aliphatic rings. The summed E-state index contributed by atoms with van der Waals surface area (Å²) in [4.78, 5) is 0. The van der Waals surface area contributed by atoms with Crippen LogP contribution >= 0.6 is 27.5 Å².